The molecule has 0 aliphatic rings. The zero-order valence-corrected chi connectivity index (χ0v) is 11.3. The Labute approximate surface area is 113 Å². The minimum atomic E-state index is -0.519. The summed E-state index contributed by atoms with van der Waals surface area (Å²) in [6.45, 7) is 2.07. The van der Waals surface area contributed by atoms with E-state index in [2.05, 4.69) is 31.2 Å². The van der Waals surface area contributed by atoms with E-state index in [4.69, 9.17) is 4.74 Å². The number of aromatic nitrogens is 2. The zero-order valence-electron chi connectivity index (χ0n) is 9.74. The van der Waals surface area contributed by atoms with E-state index in [0.29, 0.717) is 12.6 Å². The van der Waals surface area contributed by atoms with Crippen molar-refractivity contribution in [3.8, 4) is 11.3 Å². The number of H-pyrrole nitrogens is 1. The number of nitrogens with one attached hydrogen (secondary N) is 2. The van der Waals surface area contributed by atoms with Gasteiger partial charge >= 0.3 is 6.09 Å². The average molecular weight is 310 g/mol. The number of imidazole rings is 1. The molecule has 2 rings (SSSR count). The first-order chi connectivity index (χ1) is 8.69. The number of hydrogen-bond acceptors (Lipinski definition) is 3. The molecule has 0 aliphatic carbocycles. The van der Waals surface area contributed by atoms with Gasteiger partial charge in [0, 0.05) is 4.47 Å². The lowest BCUT2D eigenvalue weighted by Crippen LogP contribution is -2.14. The Balaban J connectivity index is 2.10. The van der Waals surface area contributed by atoms with Crippen molar-refractivity contribution in [3.63, 3.8) is 0 Å². The number of ether oxygens (including phenoxy) is 1. The predicted octanol–water partition coefficient (Wildman–Crippen LogP) is 3.41. The van der Waals surface area contributed by atoms with Gasteiger partial charge in [-0.2, -0.15) is 0 Å². The summed E-state index contributed by atoms with van der Waals surface area (Å²) in [5.74, 6) is 0.367. The Morgan fingerprint density at radius 2 is 2.17 bits per heavy atom. The molecule has 94 valence electrons. The number of carbonyl (C=O) groups excluding carboxylic acids is 1. The van der Waals surface area contributed by atoms with E-state index in [1.807, 2.05) is 24.3 Å². The number of amides is 1. The van der Waals surface area contributed by atoms with Crippen LogP contribution >= 0.6 is 15.9 Å². The fourth-order valence-corrected chi connectivity index (χ4v) is 1.69. The van der Waals surface area contributed by atoms with Crippen molar-refractivity contribution in [1.29, 1.82) is 0 Å². The van der Waals surface area contributed by atoms with Crippen molar-refractivity contribution in [2.24, 2.45) is 0 Å². The maximum Gasteiger partial charge on any atom is 0.413 e. The van der Waals surface area contributed by atoms with Gasteiger partial charge in [-0.05, 0) is 24.6 Å². The molecule has 1 heterocycles. The van der Waals surface area contributed by atoms with Crippen LogP contribution in [0, 0.1) is 0 Å². The molecule has 1 aromatic heterocycles. The van der Waals surface area contributed by atoms with Crippen LogP contribution in [-0.4, -0.2) is 22.7 Å². The molecule has 0 unspecified atom stereocenters. The second kappa shape index (κ2) is 5.68. The normalized spacial score (nSPS) is 10.1. The van der Waals surface area contributed by atoms with Gasteiger partial charge in [0.15, 0.2) is 0 Å². The molecular weight excluding hydrogens is 298 g/mol. The second-order valence-corrected chi connectivity index (χ2v) is 4.41. The molecule has 0 atom stereocenters. The lowest BCUT2D eigenvalue weighted by molar-refractivity contribution is 0.167. The molecule has 0 saturated heterocycles. The van der Waals surface area contributed by atoms with E-state index in [1.165, 1.54) is 0 Å². The highest BCUT2D eigenvalue weighted by Gasteiger charge is 2.06. The van der Waals surface area contributed by atoms with Gasteiger partial charge in [0.1, 0.15) is 0 Å². The van der Waals surface area contributed by atoms with Gasteiger partial charge in [-0.15, -0.1) is 0 Å². The van der Waals surface area contributed by atoms with Crippen LogP contribution in [0.4, 0.5) is 10.7 Å². The Hall–Kier alpha value is -1.82. The molecule has 1 aromatic carbocycles. The summed E-state index contributed by atoms with van der Waals surface area (Å²) < 4.78 is 5.77. The summed E-state index contributed by atoms with van der Waals surface area (Å²) in [4.78, 5) is 18.3. The van der Waals surface area contributed by atoms with Crippen LogP contribution in [0.25, 0.3) is 11.3 Å². The number of carbonyl (C=O) groups is 1. The first-order valence-electron chi connectivity index (χ1n) is 5.43. The van der Waals surface area contributed by atoms with Crippen LogP contribution in [-0.2, 0) is 4.74 Å². The molecule has 18 heavy (non-hydrogen) atoms. The van der Waals surface area contributed by atoms with Crippen LogP contribution in [0.15, 0.2) is 34.9 Å². The lowest BCUT2D eigenvalue weighted by Gasteiger charge is -2.01. The fraction of sp³-hybridized carbons (Fsp3) is 0.167. The van der Waals surface area contributed by atoms with Gasteiger partial charge in [-0.3, -0.25) is 5.32 Å². The van der Waals surface area contributed by atoms with Gasteiger partial charge in [-0.25, -0.2) is 9.78 Å². The quantitative estimate of drug-likeness (QED) is 0.913. The number of nitrogens with zero attached hydrogens (tertiary/aromatic N) is 1. The van der Waals surface area contributed by atoms with Crippen molar-refractivity contribution < 1.29 is 9.53 Å². The number of benzene rings is 1. The monoisotopic (exact) mass is 309 g/mol. The number of anilines is 1. The molecule has 0 radical (unpaired) electrons. The molecule has 0 spiro atoms. The molecule has 0 saturated carbocycles. The first kappa shape index (κ1) is 12.6. The largest absolute Gasteiger partial charge is 0.450 e. The molecule has 0 aliphatic heterocycles. The van der Waals surface area contributed by atoms with E-state index in [1.54, 1.807) is 13.1 Å². The van der Waals surface area contributed by atoms with Crippen LogP contribution in [0.2, 0.25) is 0 Å². The number of hydrogen-bond donors (Lipinski definition) is 2. The summed E-state index contributed by atoms with van der Waals surface area (Å²) in [6.07, 6.45) is 1.14. The molecule has 0 fully saturated rings. The molecule has 2 N–H and O–H groups in total. The Kier molecular flexibility index (Phi) is 3.99. The van der Waals surface area contributed by atoms with Crippen LogP contribution in [0.3, 0.4) is 0 Å². The number of aromatic amines is 1. The molecule has 6 heteroatoms. The van der Waals surface area contributed by atoms with E-state index in [9.17, 15) is 4.79 Å². The average Bonchev–Trinajstić information content (AvgIpc) is 2.78. The molecule has 2 aromatic rings. The molecule has 1 amide bonds. The van der Waals surface area contributed by atoms with Gasteiger partial charge in [0.2, 0.25) is 5.95 Å². The summed E-state index contributed by atoms with van der Waals surface area (Å²) in [7, 11) is 0. The minimum Gasteiger partial charge on any atom is -0.450 e. The predicted molar refractivity (Wildman–Crippen MR) is 72.4 cm³/mol. The van der Waals surface area contributed by atoms with Gasteiger partial charge in [0.05, 0.1) is 18.5 Å². The Bertz CT molecular complexity index is 537. The zero-order chi connectivity index (χ0) is 13.0. The molecular formula is C12H12BrN3O2. The van der Waals surface area contributed by atoms with Crippen molar-refractivity contribution in [2.45, 2.75) is 6.92 Å². The summed E-state index contributed by atoms with van der Waals surface area (Å²) in [5.41, 5.74) is 1.82. The third-order valence-corrected chi connectivity index (χ3v) is 2.76. The maximum atomic E-state index is 11.2. The maximum absolute atomic E-state index is 11.2. The van der Waals surface area contributed by atoms with Crippen molar-refractivity contribution >= 4 is 28.0 Å². The SMILES string of the molecule is CCOC(=O)Nc1ncc(-c2ccc(Br)cc2)[nH]1. The van der Waals surface area contributed by atoms with Crippen LogP contribution < -0.4 is 5.32 Å². The number of rotatable bonds is 3. The van der Waals surface area contributed by atoms with E-state index >= 15 is 0 Å². The fourth-order valence-electron chi connectivity index (χ4n) is 1.42. The summed E-state index contributed by atoms with van der Waals surface area (Å²) >= 11 is 3.37. The minimum absolute atomic E-state index is 0.326. The van der Waals surface area contributed by atoms with Gasteiger partial charge in [-0.1, -0.05) is 28.1 Å². The Morgan fingerprint density at radius 1 is 1.44 bits per heavy atom. The second-order valence-electron chi connectivity index (χ2n) is 3.50. The standard InChI is InChI=1S/C12H12BrN3O2/c1-2-18-12(17)16-11-14-7-10(15-11)8-3-5-9(13)6-4-8/h3-7H,2H2,1H3,(H2,14,15,16,17). The third kappa shape index (κ3) is 3.10. The van der Waals surface area contributed by atoms with Gasteiger partial charge in [0.25, 0.3) is 0 Å². The van der Waals surface area contributed by atoms with E-state index in [-0.39, 0.29) is 0 Å². The van der Waals surface area contributed by atoms with Crippen LogP contribution in [0.1, 0.15) is 6.92 Å². The van der Waals surface area contributed by atoms with E-state index in [0.717, 1.165) is 15.7 Å². The topological polar surface area (TPSA) is 67.0 Å². The highest BCUT2D eigenvalue weighted by atomic mass is 79.9. The van der Waals surface area contributed by atoms with Crippen LogP contribution in [0.5, 0.6) is 0 Å². The Morgan fingerprint density at radius 3 is 2.83 bits per heavy atom. The first-order valence-corrected chi connectivity index (χ1v) is 6.23. The lowest BCUT2D eigenvalue weighted by atomic mass is 10.2. The smallest absolute Gasteiger partial charge is 0.413 e. The molecule has 0 bridgehead atoms. The highest BCUT2D eigenvalue weighted by molar-refractivity contribution is 9.10. The van der Waals surface area contributed by atoms with Crippen molar-refractivity contribution in [1.82, 2.24) is 9.97 Å². The summed E-state index contributed by atoms with van der Waals surface area (Å²) in [6, 6.07) is 7.78. The van der Waals surface area contributed by atoms with E-state index < -0.39 is 6.09 Å². The van der Waals surface area contributed by atoms with Gasteiger partial charge < -0.3 is 9.72 Å². The van der Waals surface area contributed by atoms with Crippen molar-refractivity contribution in [2.75, 3.05) is 11.9 Å². The molecule has 5 nitrogen and oxygen atoms in total. The van der Waals surface area contributed by atoms with Crippen molar-refractivity contribution in [3.05, 3.63) is 34.9 Å². The summed E-state index contributed by atoms with van der Waals surface area (Å²) in [5, 5.41) is 2.51. The highest BCUT2D eigenvalue weighted by Crippen LogP contribution is 2.20. The number of halogens is 1. The third-order valence-electron chi connectivity index (χ3n) is 2.23.